The summed E-state index contributed by atoms with van der Waals surface area (Å²) in [4.78, 5) is 25.0. The molecule has 0 unspecified atom stereocenters. The molecule has 1 saturated heterocycles. The van der Waals surface area contributed by atoms with E-state index in [2.05, 4.69) is 0 Å². The zero-order valence-electron chi connectivity index (χ0n) is 15.5. The summed E-state index contributed by atoms with van der Waals surface area (Å²) >= 11 is 0. The molecule has 0 saturated carbocycles. The molecule has 0 aromatic carbocycles. The number of ether oxygens (including phenoxy) is 1. The van der Waals surface area contributed by atoms with Crippen LogP contribution in [-0.4, -0.2) is 36.8 Å². The van der Waals surface area contributed by atoms with Crippen LogP contribution < -0.4 is 11.2 Å². The molecule has 26 heavy (non-hydrogen) atoms. The van der Waals surface area contributed by atoms with E-state index in [0.717, 1.165) is 16.8 Å². The molecule has 0 aliphatic carbocycles. The highest BCUT2D eigenvalue weighted by Crippen LogP contribution is 2.45. The van der Waals surface area contributed by atoms with Gasteiger partial charge in [-0.05, 0) is 24.6 Å². The molecule has 0 spiro atoms. The van der Waals surface area contributed by atoms with E-state index in [4.69, 9.17) is 9.16 Å². The number of aromatic nitrogens is 2. The van der Waals surface area contributed by atoms with E-state index < -0.39 is 44.0 Å². The Kier molecular flexibility index (Phi) is 5.61. The van der Waals surface area contributed by atoms with Gasteiger partial charge in [0.1, 0.15) is 12.1 Å². The molecule has 2 heterocycles. The summed E-state index contributed by atoms with van der Waals surface area (Å²) in [6, 6.07) is 0.998. The molecule has 0 radical (unpaired) electrons. The number of rotatable bonds is 4. The fraction of sp³-hybridized carbons (Fsp3) is 0.750. The molecule has 2 rings (SSSR count). The van der Waals surface area contributed by atoms with Crippen LogP contribution in [0, 0.1) is 5.92 Å². The Balaban J connectivity index is 2.22. The number of H-pyrrole nitrogens is 1. The van der Waals surface area contributed by atoms with Crippen molar-refractivity contribution >= 4 is 8.32 Å². The van der Waals surface area contributed by atoms with Gasteiger partial charge in [-0.2, -0.15) is 13.2 Å². The fourth-order valence-electron chi connectivity index (χ4n) is 2.55. The molecule has 1 aromatic rings. The highest BCUT2D eigenvalue weighted by molar-refractivity contribution is 6.74. The average molecular weight is 394 g/mol. The van der Waals surface area contributed by atoms with Crippen LogP contribution in [-0.2, 0) is 9.16 Å². The maximum atomic E-state index is 13.4. The van der Waals surface area contributed by atoms with Crippen molar-refractivity contribution in [3.8, 4) is 0 Å². The number of halogens is 3. The SMILES string of the molecule is CC(C)(C)[Si](C)(C)OC[C@@H]1C[C@@H](C(F)(F)F)[C@@H](n2ccc(=O)[nH]c2=O)O1. The van der Waals surface area contributed by atoms with E-state index in [0.29, 0.717) is 0 Å². The maximum Gasteiger partial charge on any atom is 0.396 e. The standard InChI is InChI=1S/C16H25F3N2O4Si/c1-15(2,3)26(4,5)24-9-10-8-11(16(17,18)19)13(25-10)21-7-6-12(22)20-14(21)23/h6-7,10-11,13H,8-9H2,1-5H3,(H,20,22,23)/t10-,11+,13-/m0/s1. The van der Waals surface area contributed by atoms with Gasteiger partial charge in [0, 0.05) is 12.3 Å². The van der Waals surface area contributed by atoms with E-state index >= 15 is 0 Å². The smallest absolute Gasteiger partial charge is 0.396 e. The molecule has 0 bridgehead atoms. The minimum atomic E-state index is -4.54. The summed E-state index contributed by atoms with van der Waals surface area (Å²) in [6.07, 6.45) is -6.10. The van der Waals surface area contributed by atoms with Gasteiger partial charge in [-0.25, -0.2) is 4.79 Å². The molecule has 1 aromatic heterocycles. The maximum absolute atomic E-state index is 13.4. The van der Waals surface area contributed by atoms with Gasteiger partial charge in [-0.3, -0.25) is 14.3 Å². The number of hydrogen-bond acceptors (Lipinski definition) is 4. The lowest BCUT2D eigenvalue weighted by atomic mass is 10.0. The molecule has 1 fully saturated rings. The third kappa shape index (κ3) is 4.47. The summed E-state index contributed by atoms with van der Waals surface area (Å²) in [5, 5.41) is -0.0791. The Labute approximate surface area is 150 Å². The Morgan fingerprint density at radius 3 is 2.42 bits per heavy atom. The van der Waals surface area contributed by atoms with Crippen LogP contribution in [0.2, 0.25) is 18.1 Å². The summed E-state index contributed by atoms with van der Waals surface area (Å²) in [5.41, 5.74) is -1.60. The summed E-state index contributed by atoms with van der Waals surface area (Å²) < 4.78 is 52.6. The number of nitrogens with one attached hydrogen (secondary N) is 1. The molecular weight excluding hydrogens is 369 g/mol. The van der Waals surface area contributed by atoms with Gasteiger partial charge in [0.2, 0.25) is 0 Å². The zero-order valence-corrected chi connectivity index (χ0v) is 16.5. The predicted octanol–water partition coefficient (Wildman–Crippen LogP) is 3.02. The molecular formula is C16H25F3N2O4Si. The second-order valence-electron chi connectivity index (χ2n) is 8.12. The van der Waals surface area contributed by atoms with Gasteiger partial charge >= 0.3 is 11.9 Å². The van der Waals surface area contributed by atoms with Gasteiger partial charge in [0.15, 0.2) is 8.32 Å². The first kappa shape index (κ1) is 20.9. The summed E-state index contributed by atoms with van der Waals surface area (Å²) in [6.45, 7) is 10.2. The van der Waals surface area contributed by atoms with Gasteiger partial charge in [-0.15, -0.1) is 0 Å². The van der Waals surface area contributed by atoms with Gasteiger partial charge < -0.3 is 9.16 Å². The van der Waals surface area contributed by atoms with Crippen molar-refractivity contribution in [3.63, 3.8) is 0 Å². The van der Waals surface area contributed by atoms with E-state index in [9.17, 15) is 22.8 Å². The van der Waals surface area contributed by atoms with Crippen molar-refractivity contribution in [2.75, 3.05) is 6.61 Å². The Morgan fingerprint density at radius 2 is 1.92 bits per heavy atom. The van der Waals surface area contributed by atoms with Crippen molar-refractivity contribution in [2.24, 2.45) is 5.92 Å². The first-order chi connectivity index (χ1) is 11.7. The lowest BCUT2D eigenvalue weighted by molar-refractivity contribution is -0.198. The highest BCUT2D eigenvalue weighted by atomic mass is 28.4. The van der Waals surface area contributed by atoms with Crippen molar-refractivity contribution in [2.45, 2.75) is 63.8 Å². The van der Waals surface area contributed by atoms with E-state index in [1.54, 1.807) is 0 Å². The van der Waals surface area contributed by atoms with Crippen LogP contribution in [0.1, 0.15) is 33.4 Å². The third-order valence-corrected chi connectivity index (χ3v) is 9.68. The molecule has 1 aliphatic heterocycles. The van der Waals surface area contributed by atoms with Gasteiger partial charge in [0.25, 0.3) is 5.56 Å². The molecule has 148 valence electrons. The van der Waals surface area contributed by atoms with Gasteiger partial charge in [0.05, 0.1) is 12.7 Å². The fourth-order valence-corrected chi connectivity index (χ4v) is 3.59. The molecule has 10 heteroatoms. The lowest BCUT2D eigenvalue weighted by Gasteiger charge is -2.36. The average Bonchev–Trinajstić information content (AvgIpc) is 2.88. The predicted molar refractivity (Wildman–Crippen MR) is 92.5 cm³/mol. The summed E-state index contributed by atoms with van der Waals surface area (Å²) in [7, 11) is -2.14. The quantitative estimate of drug-likeness (QED) is 0.797. The van der Waals surface area contributed by atoms with Crippen molar-refractivity contribution < 1.29 is 22.3 Å². The van der Waals surface area contributed by atoms with Crippen molar-refractivity contribution in [1.29, 1.82) is 0 Å². The van der Waals surface area contributed by atoms with Crippen molar-refractivity contribution in [3.05, 3.63) is 33.1 Å². The lowest BCUT2D eigenvalue weighted by Crippen LogP contribution is -2.42. The van der Waals surface area contributed by atoms with E-state index in [-0.39, 0.29) is 18.1 Å². The number of alkyl halides is 3. The monoisotopic (exact) mass is 394 g/mol. The normalized spacial score (nSPS) is 24.8. The van der Waals surface area contributed by atoms with E-state index in [1.807, 2.05) is 38.8 Å². The Morgan fingerprint density at radius 1 is 1.31 bits per heavy atom. The second kappa shape index (κ2) is 6.97. The Hall–Kier alpha value is -1.39. The largest absolute Gasteiger partial charge is 0.414 e. The second-order valence-corrected chi connectivity index (χ2v) is 12.9. The highest BCUT2D eigenvalue weighted by Gasteiger charge is 2.52. The minimum absolute atomic E-state index is 0.0394. The minimum Gasteiger partial charge on any atom is -0.414 e. The number of aromatic amines is 1. The molecule has 1 N–H and O–H groups in total. The first-order valence-electron chi connectivity index (χ1n) is 8.40. The number of nitrogens with zero attached hydrogens (tertiary/aromatic N) is 1. The van der Waals surface area contributed by atoms with Gasteiger partial charge in [-0.1, -0.05) is 20.8 Å². The molecule has 6 nitrogen and oxygen atoms in total. The Bertz CT molecular complexity index is 751. The van der Waals surface area contributed by atoms with Crippen molar-refractivity contribution in [1.82, 2.24) is 9.55 Å². The van der Waals surface area contributed by atoms with Crippen LogP contribution in [0.5, 0.6) is 0 Å². The molecule has 0 amide bonds. The summed E-state index contributed by atoms with van der Waals surface area (Å²) in [5.74, 6) is -1.85. The van der Waals surface area contributed by atoms with Crippen LogP contribution >= 0.6 is 0 Å². The zero-order chi connectivity index (χ0) is 19.9. The number of hydrogen-bond donors (Lipinski definition) is 1. The van der Waals surface area contributed by atoms with Crippen LogP contribution in [0.4, 0.5) is 13.2 Å². The van der Waals surface area contributed by atoms with Crippen LogP contribution in [0.25, 0.3) is 0 Å². The first-order valence-corrected chi connectivity index (χ1v) is 11.3. The van der Waals surface area contributed by atoms with Crippen LogP contribution in [0.15, 0.2) is 21.9 Å². The third-order valence-electron chi connectivity index (χ3n) is 5.17. The molecule has 1 aliphatic rings. The molecule has 3 atom stereocenters. The van der Waals surface area contributed by atoms with E-state index in [1.165, 1.54) is 0 Å². The van der Waals surface area contributed by atoms with Crippen LogP contribution in [0.3, 0.4) is 0 Å². The topological polar surface area (TPSA) is 73.3 Å².